The van der Waals surface area contributed by atoms with E-state index in [2.05, 4.69) is 15.6 Å². The Bertz CT molecular complexity index is 699. The second-order valence-corrected chi connectivity index (χ2v) is 5.93. The van der Waals surface area contributed by atoms with E-state index in [0.29, 0.717) is 28.7 Å². The number of hydrogen-bond donors (Lipinski definition) is 2. The molecule has 1 aromatic carbocycles. The third-order valence-corrected chi connectivity index (χ3v) is 3.28. The van der Waals surface area contributed by atoms with E-state index in [4.69, 9.17) is 11.6 Å². The third-order valence-electron chi connectivity index (χ3n) is 3.03. The molecule has 2 N–H and O–H groups in total. The summed E-state index contributed by atoms with van der Waals surface area (Å²) in [6.45, 7) is 4.60. The summed E-state index contributed by atoms with van der Waals surface area (Å²) in [5, 5.41) is 6.11. The van der Waals surface area contributed by atoms with Crippen molar-refractivity contribution in [2.24, 2.45) is 5.92 Å². The summed E-state index contributed by atoms with van der Waals surface area (Å²) in [6, 6.07) is 9.80. The average molecular weight is 332 g/mol. The zero-order valence-electron chi connectivity index (χ0n) is 13.0. The summed E-state index contributed by atoms with van der Waals surface area (Å²) in [5.74, 6) is -0.249. The molecule has 1 heterocycles. The largest absolute Gasteiger partial charge is 0.352 e. The molecular formula is C17H18ClN3O2. The molecule has 2 amide bonds. The predicted octanol–water partition coefficient (Wildman–Crippen LogP) is 3.37. The molecule has 0 saturated heterocycles. The van der Waals surface area contributed by atoms with E-state index < -0.39 is 0 Å². The molecule has 1 aromatic heterocycles. The van der Waals surface area contributed by atoms with Gasteiger partial charge in [-0.2, -0.15) is 0 Å². The molecule has 0 unspecified atom stereocenters. The normalized spacial score (nSPS) is 10.4. The highest BCUT2D eigenvalue weighted by Crippen LogP contribution is 2.14. The van der Waals surface area contributed by atoms with Crippen molar-refractivity contribution in [3.05, 3.63) is 58.9 Å². The minimum atomic E-state index is -0.383. The SMILES string of the molecule is CC(C)CNC(=O)c1ccnc(C(=O)Nc2ccc(Cl)cc2)c1. The Hall–Kier alpha value is -2.40. The van der Waals surface area contributed by atoms with Crippen LogP contribution < -0.4 is 10.6 Å². The molecule has 2 rings (SSSR count). The first kappa shape index (κ1) is 17.0. The Morgan fingerprint density at radius 1 is 1.13 bits per heavy atom. The number of anilines is 1. The minimum Gasteiger partial charge on any atom is -0.352 e. The topological polar surface area (TPSA) is 71.1 Å². The number of pyridine rings is 1. The van der Waals surface area contributed by atoms with Crippen molar-refractivity contribution in [2.75, 3.05) is 11.9 Å². The van der Waals surface area contributed by atoms with Gasteiger partial charge in [-0.3, -0.25) is 14.6 Å². The molecule has 0 bridgehead atoms. The molecule has 0 fully saturated rings. The van der Waals surface area contributed by atoms with Gasteiger partial charge in [-0.25, -0.2) is 0 Å². The lowest BCUT2D eigenvalue weighted by Gasteiger charge is -2.09. The van der Waals surface area contributed by atoms with Crippen molar-refractivity contribution in [1.29, 1.82) is 0 Å². The van der Waals surface area contributed by atoms with Gasteiger partial charge in [0.25, 0.3) is 11.8 Å². The Balaban J connectivity index is 2.07. The fourth-order valence-electron chi connectivity index (χ4n) is 1.82. The Morgan fingerprint density at radius 2 is 1.83 bits per heavy atom. The van der Waals surface area contributed by atoms with Crippen LogP contribution in [0.15, 0.2) is 42.6 Å². The van der Waals surface area contributed by atoms with E-state index >= 15 is 0 Å². The van der Waals surface area contributed by atoms with Crippen molar-refractivity contribution >= 4 is 29.1 Å². The Labute approximate surface area is 140 Å². The van der Waals surface area contributed by atoms with Crippen LogP contribution in [-0.2, 0) is 0 Å². The highest BCUT2D eigenvalue weighted by Gasteiger charge is 2.12. The maximum Gasteiger partial charge on any atom is 0.274 e. The summed E-state index contributed by atoms with van der Waals surface area (Å²) >= 11 is 5.80. The number of rotatable bonds is 5. The van der Waals surface area contributed by atoms with Crippen LogP contribution in [0.4, 0.5) is 5.69 Å². The van der Waals surface area contributed by atoms with Crippen LogP contribution in [0.1, 0.15) is 34.7 Å². The molecule has 0 aliphatic carbocycles. The number of nitrogens with zero attached hydrogens (tertiary/aromatic N) is 1. The van der Waals surface area contributed by atoms with Crippen LogP contribution in [-0.4, -0.2) is 23.3 Å². The van der Waals surface area contributed by atoms with Gasteiger partial charge in [0, 0.05) is 29.0 Å². The van der Waals surface area contributed by atoms with Crippen LogP contribution >= 0.6 is 11.6 Å². The van der Waals surface area contributed by atoms with E-state index in [0.717, 1.165) is 0 Å². The minimum absolute atomic E-state index is 0.178. The molecule has 0 aliphatic rings. The molecule has 6 heteroatoms. The lowest BCUT2D eigenvalue weighted by atomic mass is 10.2. The molecule has 0 aliphatic heterocycles. The van der Waals surface area contributed by atoms with Crippen molar-refractivity contribution in [3.8, 4) is 0 Å². The number of carbonyl (C=O) groups is 2. The highest BCUT2D eigenvalue weighted by atomic mass is 35.5. The maximum absolute atomic E-state index is 12.2. The summed E-state index contributed by atoms with van der Waals surface area (Å²) < 4.78 is 0. The van der Waals surface area contributed by atoms with Crippen molar-refractivity contribution in [3.63, 3.8) is 0 Å². The van der Waals surface area contributed by atoms with Gasteiger partial charge in [0.2, 0.25) is 0 Å². The number of aromatic nitrogens is 1. The zero-order valence-corrected chi connectivity index (χ0v) is 13.7. The van der Waals surface area contributed by atoms with Crippen LogP contribution in [0.3, 0.4) is 0 Å². The van der Waals surface area contributed by atoms with Crippen LogP contribution in [0.2, 0.25) is 5.02 Å². The summed E-state index contributed by atoms with van der Waals surface area (Å²) in [6.07, 6.45) is 1.45. The van der Waals surface area contributed by atoms with Crippen molar-refractivity contribution < 1.29 is 9.59 Å². The molecule has 2 aromatic rings. The van der Waals surface area contributed by atoms with Crippen LogP contribution in [0.5, 0.6) is 0 Å². The molecule has 5 nitrogen and oxygen atoms in total. The number of amides is 2. The van der Waals surface area contributed by atoms with E-state index in [1.165, 1.54) is 12.3 Å². The third kappa shape index (κ3) is 5.07. The molecule has 0 radical (unpaired) electrons. The van der Waals surface area contributed by atoms with Gasteiger partial charge >= 0.3 is 0 Å². The monoisotopic (exact) mass is 331 g/mol. The van der Waals surface area contributed by atoms with Gasteiger partial charge in [-0.1, -0.05) is 25.4 Å². The number of benzene rings is 1. The van der Waals surface area contributed by atoms with Crippen LogP contribution in [0.25, 0.3) is 0 Å². The Morgan fingerprint density at radius 3 is 2.48 bits per heavy atom. The summed E-state index contributed by atoms with van der Waals surface area (Å²) in [7, 11) is 0. The first-order valence-corrected chi connectivity index (χ1v) is 7.64. The fraction of sp³-hybridized carbons (Fsp3) is 0.235. The number of halogens is 1. The first-order chi connectivity index (χ1) is 11.0. The van der Waals surface area contributed by atoms with E-state index in [1.807, 2.05) is 13.8 Å². The lowest BCUT2D eigenvalue weighted by molar-refractivity contribution is 0.0949. The highest BCUT2D eigenvalue weighted by molar-refractivity contribution is 6.30. The molecule has 120 valence electrons. The van der Waals surface area contributed by atoms with Gasteiger partial charge in [0.05, 0.1) is 0 Å². The lowest BCUT2D eigenvalue weighted by Crippen LogP contribution is -2.27. The Kier molecular flexibility index (Phi) is 5.71. The molecule has 0 spiro atoms. The van der Waals surface area contributed by atoms with Gasteiger partial charge in [0.15, 0.2) is 0 Å². The van der Waals surface area contributed by atoms with Gasteiger partial charge in [-0.05, 0) is 42.3 Å². The van der Waals surface area contributed by atoms with E-state index in [-0.39, 0.29) is 17.5 Å². The molecule has 23 heavy (non-hydrogen) atoms. The number of nitrogens with one attached hydrogen (secondary N) is 2. The second kappa shape index (κ2) is 7.74. The van der Waals surface area contributed by atoms with Crippen molar-refractivity contribution in [1.82, 2.24) is 10.3 Å². The summed E-state index contributed by atoms with van der Waals surface area (Å²) in [4.78, 5) is 28.2. The summed E-state index contributed by atoms with van der Waals surface area (Å²) in [5.41, 5.74) is 1.19. The standard InChI is InChI=1S/C17H18ClN3O2/c1-11(2)10-20-16(22)12-7-8-19-15(9-12)17(23)21-14-5-3-13(18)4-6-14/h3-9,11H,10H2,1-2H3,(H,20,22)(H,21,23). The quantitative estimate of drug-likeness (QED) is 0.882. The zero-order chi connectivity index (χ0) is 16.8. The second-order valence-electron chi connectivity index (χ2n) is 5.49. The molecule has 0 atom stereocenters. The van der Waals surface area contributed by atoms with E-state index in [9.17, 15) is 9.59 Å². The van der Waals surface area contributed by atoms with Gasteiger partial charge in [0.1, 0.15) is 5.69 Å². The average Bonchev–Trinajstić information content (AvgIpc) is 2.54. The number of hydrogen-bond acceptors (Lipinski definition) is 3. The molecule has 0 saturated carbocycles. The van der Waals surface area contributed by atoms with Crippen molar-refractivity contribution in [2.45, 2.75) is 13.8 Å². The number of carbonyl (C=O) groups excluding carboxylic acids is 2. The van der Waals surface area contributed by atoms with Gasteiger partial charge in [-0.15, -0.1) is 0 Å². The fourth-order valence-corrected chi connectivity index (χ4v) is 1.95. The molecular weight excluding hydrogens is 314 g/mol. The van der Waals surface area contributed by atoms with Crippen LogP contribution in [0, 0.1) is 5.92 Å². The maximum atomic E-state index is 12.2. The van der Waals surface area contributed by atoms with Gasteiger partial charge < -0.3 is 10.6 Å². The first-order valence-electron chi connectivity index (χ1n) is 7.27. The predicted molar refractivity (Wildman–Crippen MR) is 90.8 cm³/mol. The smallest absolute Gasteiger partial charge is 0.274 e. The van der Waals surface area contributed by atoms with E-state index in [1.54, 1.807) is 30.3 Å².